The van der Waals surface area contributed by atoms with E-state index in [4.69, 9.17) is 37.9 Å². The summed E-state index contributed by atoms with van der Waals surface area (Å²) in [5, 5.41) is 0. The molecule has 0 saturated carbocycles. The standard InChI is InChI=1S/C52H64O12/c1-49(2,3)61-41(53)29-57-45-33-17-13-18-34(45)26-36-20-15-22-38(47(36)59-31-43(55)63-51(7,8)9)28-40-24-16-23-39(48(40)60-32-44(56)64-52(10,11)12)27-37-21-14-19-35(25-33)46(37)58-30-42(54)62-50(4,5)6/h13-24H,25-32H2,1-12H3. The smallest absolute Gasteiger partial charge is 0.344 e. The van der Waals surface area contributed by atoms with Crippen molar-refractivity contribution in [2.75, 3.05) is 26.4 Å². The fourth-order valence-corrected chi connectivity index (χ4v) is 7.24. The minimum atomic E-state index is -0.728. The number of carbonyl (C=O) groups excluding carboxylic acids is 4. The molecule has 0 saturated heterocycles. The summed E-state index contributed by atoms with van der Waals surface area (Å²) in [5.41, 5.74) is 3.00. The van der Waals surface area contributed by atoms with E-state index in [0.29, 0.717) is 23.0 Å². The Bertz CT molecular complexity index is 1910. The molecular weight excluding hydrogens is 817 g/mol. The van der Waals surface area contributed by atoms with Crippen molar-refractivity contribution in [1.29, 1.82) is 0 Å². The number of benzene rings is 4. The lowest BCUT2D eigenvalue weighted by Gasteiger charge is -2.24. The van der Waals surface area contributed by atoms with Crippen LogP contribution in [0.5, 0.6) is 23.0 Å². The Hall–Kier alpha value is -6.04. The number of para-hydroxylation sites is 4. The average Bonchev–Trinajstić information content (AvgIpc) is 3.14. The molecule has 1 aliphatic carbocycles. The first-order valence-electron chi connectivity index (χ1n) is 21.6. The zero-order valence-corrected chi connectivity index (χ0v) is 39.5. The molecule has 5 rings (SSSR count). The van der Waals surface area contributed by atoms with Gasteiger partial charge in [-0.3, -0.25) is 0 Å². The lowest BCUT2D eigenvalue weighted by atomic mass is 9.91. The predicted octanol–water partition coefficient (Wildman–Crippen LogP) is 9.25. The van der Waals surface area contributed by atoms with Crippen LogP contribution in [-0.2, 0) is 63.8 Å². The number of hydrogen-bond acceptors (Lipinski definition) is 12. The highest BCUT2D eigenvalue weighted by atomic mass is 16.6. The maximum atomic E-state index is 13.1. The van der Waals surface area contributed by atoms with Gasteiger partial charge in [-0.25, -0.2) is 19.2 Å². The van der Waals surface area contributed by atoms with Gasteiger partial charge in [0.05, 0.1) is 0 Å². The molecule has 0 aliphatic heterocycles. The van der Waals surface area contributed by atoms with Gasteiger partial charge in [-0.05, 0) is 128 Å². The minimum absolute atomic E-state index is 0.277. The first-order valence-corrected chi connectivity index (χ1v) is 21.6. The monoisotopic (exact) mass is 880 g/mol. The van der Waals surface area contributed by atoms with E-state index in [0.717, 1.165) is 44.5 Å². The number of carbonyl (C=O) groups is 4. The molecule has 4 aromatic carbocycles. The van der Waals surface area contributed by atoms with E-state index in [1.165, 1.54) is 0 Å². The van der Waals surface area contributed by atoms with Crippen LogP contribution in [0.25, 0.3) is 0 Å². The van der Waals surface area contributed by atoms with Crippen LogP contribution in [0.3, 0.4) is 0 Å². The van der Waals surface area contributed by atoms with Crippen LogP contribution in [0, 0.1) is 0 Å². The van der Waals surface area contributed by atoms with E-state index < -0.39 is 46.3 Å². The van der Waals surface area contributed by atoms with E-state index in [2.05, 4.69) is 0 Å². The van der Waals surface area contributed by atoms with Gasteiger partial charge in [0.2, 0.25) is 0 Å². The summed E-state index contributed by atoms with van der Waals surface area (Å²) < 4.78 is 48.2. The van der Waals surface area contributed by atoms with Crippen LogP contribution in [-0.4, -0.2) is 72.7 Å². The number of esters is 4. The van der Waals surface area contributed by atoms with Gasteiger partial charge in [0.1, 0.15) is 45.4 Å². The molecule has 0 N–H and O–H groups in total. The van der Waals surface area contributed by atoms with Gasteiger partial charge in [-0.15, -0.1) is 0 Å². The Balaban J connectivity index is 1.71. The van der Waals surface area contributed by atoms with E-state index in [1.54, 1.807) is 83.1 Å². The van der Waals surface area contributed by atoms with Crippen molar-refractivity contribution in [3.05, 3.63) is 117 Å². The Morgan fingerprint density at radius 3 is 0.625 bits per heavy atom. The first-order chi connectivity index (χ1) is 29.8. The summed E-state index contributed by atoms with van der Waals surface area (Å²) in [5.74, 6) is -0.265. The SMILES string of the molecule is CC(C)(C)OC(=O)COc1c2cccc1Cc1cccc(c1OCC(=O)OC(C)(C)C)Cc1cccc(c1OCC(=O)OC(C)(C)C)Cc1cccc(c1OCC(=O)OC(C)(C)C)C2. The van der Waals surface area contributed by atoms with Crippen molar-refractivity contribution in [2.45, 2.75) is 131 Å². The maximum absolute atomic E-state index is 13.1. The molecule has 0 amide bonds. The van der Waals surface area contributed by atoms with E-state index in [9.17, 15) is 19.2 Å². The summed E-state index contributed by atoms with van der Waals surface area (Å²) in [6.45, 7) is 20.1. The second-order valence-corrected chi connectivity index (χ2v) is 19.8. The second kappa shape index (κ2) is 20.2. The van der Waals surface area contributed by atoms with Crippen LogP contribution in [0.1, 0.15) is 128 Å². The number of hydrogen-bond donors (Lipinski definition) is 0. The lowest BCUT2D eigenvalue weighted by Crippen LogP contribution is -2.28. The highest BCUT2D eigenvalue weighted by molar-refractivity contribution is 5.73. The van der Waals surface area contributed by atoms with Crippen molar-refractivity contribution in [2.24, 2.45) is 0 Å². The molecule has 64 heavy (non-hydrogen) atoms. The zero-order chi connectivity index (χ0) is 47.0. The van der Waals surface area contributed by atoms with E-state index in [-0.39, 0.29) is 52.1 Å². The van der Waals surface area contributed by atoms with Crippen LogP contribution in [0.15, 0.2) is 72.8 Å². The molecule has 344 valence electrons. The number of rotatable bonds is 12. The van der Waals surface area contributed by atoms with Gasteiger partial charge in [0.15, 0.2) is 26.4 Å². The molecule has 4 aromatic rings. The van der Waals surface area contributed by atoms with Crippen molar-refractivity contribution in [1.82, 2.24) is 0 Å². The predicted molar refractivity (Wildman–Crippen MR) is 242 cm³/mol. The second-order valence-electron chi connectivity index (χ2n) is 19.8. The highest BCUT2D eigenvalue weighted by Gasteiger charge is 2.26. The Labute approximate surface area is 377 Å². The molecule has 0 radical (unpaired) electrons. The maximum Gasteiger partial charge on any atom is 0.344 e. The number of fused-ring (bicyclic) bond motifs is 8. The van der Waals surface area contributed by atoms with Gasteiger partial charge in [0, 0.05) is 25.7 Å². The van der Waals surface area contributed by atoms with Gasteiger partial charge >= 0.3 is 23.9 Å². The largest absolute Gasteiger partial charge is 0.481 e. The molecule has 12 nitrogen and oxygen atoms in total. The molecule has 0 unspecified atom stereocenters. The molecule has 0 spiro atoms. The fourth-order valence-electron chi connectivity index (χ4n) is 7.24. The highest BCUT2D eigenvalue weighted by Crippen LogP contribution is 2.39. The molecule has 1 aliphatic rings. The molecule has 0 aromatic heterocycles. The Kier molecular flexibility index (Phi) is 15.5. The summed E-state index contributed by atoms with van der Waals surface area (Å²) in [4.78, 5) is 52.5. The molecule has 0 heterocycles. The van der Waals surface area contributed by atoms with Gasteiger partial charge in [-0.1, -0.05) is 72.8 Å². The lowest BCUT2D eigenvalue weighted by molar-refractivity contribution is -0.158. The quantitative estimate of drug-likeness (QED) is 0.0871. The first kappa shape index (κ1) is 49.0. The summed E-state index contributed by atoms with van der Waals surface area (Å²) >= 11 is 0. The topological polar surface area (TPSA) is 142 Å². The van der Waals surface area contributed by atoms with Gasteiger partial charge < -0.3 is 37.9 Å². The minimum Gasteiger partial charge on any atom is -0.481 e. The molecule has 0 atom stereocenters. The fraction of sp³-hybridized carbons (Fsp3) is 0.462. The van der Waals surface area contributed by atoms with Crippen LogP contribution >= 0.6 is 0 Å². The zero-order valence-electron chi connectivity index (χ0n) is 39.5. The van der Waals surface area contributed by atoms with Gasteiger partial charge in [-0.2, -0.15) is 0 Å². The Morgan fingerprint density at radius 1 is 0.328 bits per heavy atom. The van der Waals surface area contributed by atoms with Crippen LogP contribution in [0.2, 0.25) is 0 Å². The summed E-state index contributed by atoms with van der Waals surface area (Å²) in [6.07, 6.45) is 1.11. The van der Waals surface area contributed by atoms with Gasteiger partial charge in [0.25, 0.3) is 0 Å². The van der Waals surface area contributed by atoms with Crippen molar-refractivity contribution >= 4 is 23.9 Å². The van der Waals surface area contributed by atoms with Crippen LogP contribution < -0.4 is 18.9 Å². The van der Waals surface area contributed by atoms with E-state index in [1.807, 2.05) is 72.8 Å². The molecule has 12 heteroatoms. The third-order valence-electron chi connectivity index (χ3n) is 9.25. The third kappa shape index (κ3) is 15.1. The Morgan fingerprint density at radius 2 is 0.484 bits per heavy atom. The van der Waals surface area contributed by atoms with Crippen molar-refractivity contribution in [3.8, 4) is 23.0 Å². The summed E-state index contributed by atoms with van der Waals surface area (Å²) in [7, 11) is 0. The van der Waals surface area contributed by atoms with Crippen LogP contribution in [0.4, 0.5) is 0 Å². The van der Waals surface area contributed by atoms with E-state index >= 15 is 0 Å². The van der Waals surface area contributed by atoms with Crippen molar-refractivity contribution < 1.29 is 57.1 Å². The summed E-state index contributed by atoms with van der Waals surface area (Å²) in [6, 6.07) is 23.0. The molecular formula is C52H64O12. The normalized spacial score (nSPS) is 12.9. The molecule has 0 fully saturated rings. The van der Waals surface area contributed by atoms with Crippen molar-refractivity contribution in [3.63, 3.8) is 0 Å². The third-order valence-corrected chi connectivity index (χ3v) is 9.25. The number of ether oxygens (including phenoxy) is 8. The average molecular weight is 881 g/mol. The molecule has 8 bridgehead atoms.